The minimum Gasteiger partial charge on any atom is -0.319 e. The highest BCUT2D eigenvalue weighted by atomic mass is 16.2. The molecule has 0 radical (unpaired) electrons. The SMILES string of the molecule is O=C(Nc1cccnc1-n1cccn1)c1cccc(N2CCCC2=O)c1. The molecular formula is C19H17N5O2. The highest BCUT2D eigenvalue weighted by Crippen LogP contribution is 2.23. The molecule has 0 bridgehead atoms. The van der Waals surface area contributed by atoms with E-state index in [9.17, 15) is 9.59 Å². The number of amides is 2. The fourth-order valence-corrected chi connectivity index (χ4v) is 3.00. The third-order valence-electron chi connectivity index (χ3n) is 4.25. The summed E-state index contributed by atoms with van der Waals surface area (Å²) in [5, 5.41) is 7.04. The molecule has 1 aromatic carbocycles. The Morgan fingerprint density at radius 1 is 1.12 bits per heavy atom. The lowest BCUT2D eigenvalue weighted by atomic mass is 10.1. The largest absolute Gasteiger partial charge is 0.319 e. The van der Waals surface area contributed by atoms with Gasteiger partial charge in [0, 0.05) is 42.8 Å². The van der Waals surface area contributed by atoms with Crippen LogP contribution < -0.4 is 10.2 Å². The molecule has 7 nitrogen and oxygen atoms in total. The van der Waals surface area contributed by atoms with Gasteiger partial charge in [-0.1, -0.05) is 6.07 Å². The van der Waals surface area contributed by atoms with E-state index in [1.807, 2.05) is 6.07 Å². The van der Waals surface area contributed by atoms with Crippen molar-refractivity contribution in [3.63, 3.8) is 0 Å². The third-order valence-corrected chi connectivity index (χ3v) is 4.25. The first-order valence-electron chi connectivity index (χ1n) is 8.39. The van der Waals surface area contributed by atoms with Crippen LogP contribution in [0.2, 0.25) is 0 Å². The van der Waals surface area contributed by atoms with Gasteiger partial charge in [0.2, 0.25) is 5.91 Å². The molecule has 0 saturated carbocycles. The van der Waals surface area contributed by atoms with E-state index in [-0.39, 0.29) is 11.8 Å². The molecule has 4 rings (SSSR count). The third kappa shape index (κ3) is 3.06. The number of carbonyl (C=O) groups excluding carboxylic acids is 2. The van der Waals surface area contributed by atoms with Gasteiger partial charge in [0.1, 0.15) is 0 Å². The molecule has 1 N–H and O–H groups in total. The van der Waals surface area contributed by atoms with E-state index in [0.717, 1.165) is 12.1 Å². The smallest absolute Gasteiger partial charge is 0.255 e. The number of carbonyl (C=O) groups is 2. The van der Waals surface area contributed by atoms with Crippen LogP contribution in [-0.4, -0.2) is 33.1 Å². The fraction of sp³-hybridized carbons (Fsp3) is 0.158. The maximum absolute atomic E-state index is 12.7. The Morgan fingerprint density at radius 3 is 2.81 bits per heavy atom. The van der Waals surface area contributed by atoms with Crippen molar-refractivity contribution in [1.29, 1.82) is 0 Å². The lowest BCUT2D eigenvalue weighted by Crippen LogP contribution is -2.24. The van der Waals surface area contributed by atoms with Crippen molar-refractivity contribution < 1.29 is 9.59 Å². The highest BCUT2D eigenvalue weighted by Gasteiger charge is 2.22. The number of hydrogen-bond donors (Lipinski definition) is 1. The summed E-state index contributed by atoms with van der Waals surface area (Å²) in [6.45, 7) is 0.690. The van der Waals surface area contributed by atoms with Gasteiger partial charge in [-0.15, -0.1) is 0 Å². The normalized spacial score (nSPS) is 13.8. The van der Waals surface area contributed by atoms with Gasteiger partial charge in [-0.05, 0) is 42.8 Å². The summed E-state index contributed by atoms with van der Waals surface area (Å²) in [4.78, 5) is 30.7. The van der Waals surface area contributed by atoms with Gasteiger partial charge in [0.25, 0.3) is 5.91 Å². The first-order valence-corrected chi connectivity index (χ1v) is 8.39. The van der Waals surface area contributed by atoms with Crippen molar-refractivity contribution in [1.82, 2.24) is 14.8 Å². The number of hydrogen-bond acceptors (Lipinski definition) is 4. The Balaban J connectivity index is 1.59. The molecule has 1 aliphatic rings. The van der Waals surface area contributed by atoms with Gasteiger partial charge in [0.05, 0.1) is 5.69 Å². The molecule has 0 atom stereocenters. The van der Waals surface area contributed by atoms with Crippen LogP contribution in [0.5, 0.6) is 0 Å². The molecule has 0 aliphatic carbocycles. The molecule has 0 unspecified atom stereocenters. The Hall–Kier alpha value is -3.48. The molecule has 1 saturated heterocycles. The number of nitrogens with zero attached hydrogens (tertiary/aromatic N) is 4. The molecule has 7 heteroatoms. The molecule has 1 fully saturated rings. The molecule has 3 heterocycles. The lowest BCUT2D eigenvalue weighted by molar-refractivity contribution is -0.117. The zero-order valence-electron chi connectivity index (χ0n) is 14.0. The molecule has 2 amide bonds. The quantitative estimate of drug-likeness (QED) is 0.787. The van der Waals surface area contributed by atoms with Crippen LogP contribution >= 0.6 is 0 Å². The number of rotatable bonds is 4. The fourth-order valence-electron chi connectivity index (χ4n) is 3.00. The molecule has 130 valence electrons. The Labute approximate surface area is 150 Å². The number of pyridine rings is 1. The van der Waals surface area contributed by atoms with Crippen LogP contribution in [0, 0.1) is 0 Å². The van der Waals surface area contributed by atoms with Gasteiger partial charge in [-0.3, -0.25) is 9.59 Å². The molecular weight excluding hydrogens is 330 g/mol. The number of aromatic nitrogens is 3. The summed E-state index contributed by atoms with van der Waals surface area (Å²) in [5.41, 5.74) is 1.79. The average molecular weight is 347 g/mol. The summed E-state index contributed by atoms with van der Waals surface area (Å²) >= 11 is 0. The van der Waals surface area contributed by atoms with Crippen molar-refractivity contribution in [2.45, 2.75) is 12.8 Å². The molecule has 2 aromatic heterocycles. The Bertz CT molecular complexity index is 952. The van der Waals surface area contributed by atoms with E-state index >= 15 is 0 Å². The van der Waals surface area contributed by atoms with E-state index in [0.29, 0.717) is 30.0 Å². The standard InChI is InChI=1S/C19H17N5O2/c25-17-8-3-11-23(17)15-6-1-5-14(13-15)19(26)22-16-7-2-9-20-18(16)24-12-4-10-21-24/h1-2,4-7,9-10,12-13H,3,8,11H2,(H,22,26). The maximum Gasteiger partial charge on any atom is 0.255 e. The highest BCUT2D eigenvalue weighted by molar-refractivity contribution is 6.06. The first kappa shape index (κ1) is 16.0. The topological polar surface area (TPSA) is 80.1 Å². The number of nitrogens with one attached hydrogen (secondary N) is 1. The minimum atomic E-state index is -0.264. The zero-order valence-corrected chi connectivity index (χ0v) is 14.0. The summed E-state index contributed by atoms with van der Waals surface area (Å²) in [6.07, 6.45) is 6.46. The zero-order chi connectivity index (χ0) is 17.9. The second-order valence-corrected chi connectivity index (χ2v) is 5.98. The first-order chi connectivity index (χ1) is 12.7. The molecule has 26 heavy (non-hydrogen) atoms. The monoisotopic (exact) mass is 347 g/mol. The van der Waals surface area contributed by atoms with Crippen LogP contribution in [0.1, 0.15) is 23.2 Å². The Morgan fingerprint density at radius 2 is 2.04 bits per heavy atom. The van der Waals surface area contributed by atoms with E-state index in [1.165, 1.54) is 0 Å². The van der Waals surface area contributed by atoms with Crippen molar-refractivity contribution in [2.24, 2.45) is 0 Å². The van der Waals surface area contributed by atoms with E-state index in [4.69, 9.17) is 0 Å². The maximum atomic E-state index is 12.7. The second kappa shape index (κ2) is 6.79. The number of anilines is 2. The van der Waals surface area contributed by atoms with Gasteiger partial charge >= 0.3 is 0 Å². The second-order valence-electron chi connectivity index (χ2n) is 5.98. The van der Waals surface area contributed by atoms with Crippen molar-refractivity contribution >= 4 is 23.2 Å². The van der Waals surface area contributed by atoms with E-state index in [1.54, 1.807) is 64.6 Å². The van der Waals surface area contributed by atoms with Gasteiger partial charge in [-0.2, -0.15) is 5.10 Å². The molecule has 3 aromatic rings. The Kier molecular flexibility index (Phi) is 4.18. The molecule has 1 aliphatic heterocycles. The van der Waals surface area contributed by atoms with Gasteiger partial charge < -0.3 is 10.2 Å². The minimum absolute atomic E-state index is 0.0933. The van der Waals surface area contributed by atoms with E-state index < -0.39 is 0 Å². The van der Waals surface area contributed by atoms with Crippen LogP contribution in [-0.2, 0) is 4.79 Å². The predicted molar refractivity (Wildman–Crippen MR) is 97.3 cm³/mol. The molecule has 0 spiro atoms. The lowest BCUT2D eigenvalue weighted by Gasteiger charge is -2.16. The summed E-state index contributed by atoms with van der Waals surface area (Å²) in [6, 6.07) is 12.4. The summed E-state index contributed by atoms with van der Waals surface area (Å²) in [7, 11) is 0. The summed E-state index contributed by atoms with van der Waals surface area (Å²) in [5.74, 6) is 0.368. The van der Waals surface area contributed by atoms with Crippen molar-refractivity contribution in [3.8, 4) is 5.82 Å². The van der Waals surface area contributed by atoms with Crippen LogP contribution in [0.15, 0.2) is 61.1 Å². The van der Waals surface area contributed by atoms with E-state index in [2.05, 4.69) is 15.4 Å². The van der Waals surface area contributed by atoms with Gasteiger partial charge in [0.15, 0.2) is 5.82 Å². The van der Waals surface area contributed by atoms with Crippen LogP contribution in [0.4, 0.5) is 11.4 Å². The number of benzene rings is 1. The average Bonchev–Trinajstić information content (AvgIpc) is 3.34. The predicted octanol–water partition coefficient (Wildman–Crippen LogP) is 2.65. The van der Waals surface area contributed by atoms with Crippen molar-refractivity contribution in [2.75, 3.05) is 16.8 Å². The summed E-state index contributed by atoms with van der Waals surface area (Å²) < 4.78 is 1.59. The van der Waals surface area contributed by atoms with Crippen molar-refractivity contribution in [3.05, 3.63) is 66.6 Å². The van der Waals surface area contributed by atoms with Gasteiger partial charge in [-0.25, -0.2) is 9.67 Å². The van der Waals surface area contributed by atoms with Crippen LogP contribution in [0.25, 0.3) is 5.82 Å². The van der Waals surface area contributed by atoms with Crippen LogP contribution in [0.3, 0.4) is 0 Å².